The fourth-order valence-electron chi connectivity index (χ4n) is 1.85. The molecule has 1 aromatic heterocycles. The predicted molar refractivity (Wildman–Crippen MR) is 72.6 cm³/mol. The number of aromatic nitrogens is 2. The number of benzene rings is 1. The SMILES string of the molecule is CNCCN(C)Cc1nc2ccccc2c(=O)[nH]1. The van der Waals surface area contributed by atoms with Crippen LogP contribution in [0.3, 0.4) is 0 Å². The van der Waals surface area contributed by atoms with Crippen LogP contribution in [0.2, 0.25) is 0 Å². The summed E-state index contributed by atoms with van der Waals surface area (Å²) >= 11 is 0. The van der Waals surface area contributed by atoms with Crippen molar-refractivity contribution in [3.05, 3.63) is 40.4 Å². The van der Waals surface area contributed by atoms with Gasteiger partial charge in [0.25, 0.3) is 5.56 Å². The molecule has 18 heavy (non-hydrogen) atoms. The molecular weight excluding hydrogens is 228 g/mol. The Balaban J connectivity index is 2.22. The first-order valence-corrected chi connectivity index (χ1v) is 6.02. The predicted octanol–water partition coefficient (Wildman–Crippen LogP) is 0.574. The Labute approximate surface area is 106 Å². The number of para-hydroxylation sites is 1. The van der Waals surface area contributed by atoms with Crippen LogP contribution in [0, 0.1) is 0 Å². The van der Waals surface area contributed by atoms with Crippen molar-refractivity contribution < 1.29 is 0 Å². The number of hydrogen-bond acceptors (Lipinski definition) is 4. The zero-order chi connectivity index (χ0) is 13.0. The normalized spacial score (nSPS) is 11.3. The first-order chi connectivity index (χ1) is 8.70. The molecule has 2 N–H and O–H groups in total. The summed E-state index contributed by atoms with van der Waals surface area (Å²) in [5.41, 5.74) is 0.677. The van der Waals surface area contributed by atoms with Gasteiger partial charge in [-0.15, -0.1) is 0 Å². The van der Waals surface area contributed by atoms with E-state index in [1.807, 2.05) is 32.3 Å². The van der Waals surface area contributed by atoms with Crippen LogP contribution in [0.4, 0.5) is 0 Å². The van der Waals surface area contributed by atoms with Crippen molar-refractivity contribution in [2.75, 3.05) is 27.2 Å². The van der Waals surface area contributed by atoms with E-state index >= 15 is 0 Å². The van der Waals surface area contributed by atoms with Crippen LogP contribution < -0.4 is 10.9 Å². The second-order valence-electron chi connectivity index (χ2n) is 4.37. The second kappa shape index (κ2) is 5.75. The summed E-state index contributed by atoms with van der Waals surface area (Å²) in [7, 11) is 3.93. The van der Waals surface area contributed by atoms with Gasteiger partial charge in [-0.1, -0.05) is 12.1 Å². The first-order valence-electron chi connectivity index (χ1n) is 6.02. The van der Waals surface area contributed by atoms with Gasteiger partial charge in [0.05, 0.1) is 17.4 Å². The van der Waals surface area contributed by atoms with Crippen molar-refractivity contribution >= 4 is 10.9 Å². The van der Waals surface area contributed by atoms with Crippen molar-refractivity contribution in [2.24, 2.45) is 0 Å². The van der Waals surface area contributed by atoms with E-state index in [1.165, 1.54) is 0 Å². The van der Waals surface area contributed by atoms with E-state index in [-0.39, 0.29) is 5.56 Å². The molecule has 0 saturated carbocycles. The van der Waals surface area contributed by atoms with E-state index in [4.69, 9.17) is 0 Å². The molecule has 0 fully saturated rings. The number of rotatable bonds is 5. The Morgan fingerprint density at radius 1 is 1.39 bits per heavy atom. The van der Waals surface area contributed by atoms with Gasteiger partial charge in [-0.05, 0) is 26.2 Å². The highest BCUT2D eigenvalue weighted by Crippen LogP contribution is 2.06. The molecule has 1 heterocycles. The fraction of sp³-hybridized carbons (Fsp3) is 0.385. The number of nitrogens with zero attached hydrogens (tertiary/aromatic N) is 2. The van der Waals surface area contributed by atoms with E-state index < -0.39 is 0 Å². The smallest absolute Gasteiger partial charge is 0.258 e. The Hall–Kier alpha value is -1.72. The third-order valence-electron chi connectivity index (χ3n) is 2.83. The number of likely N-dealkylation sites (N-methyl/N-ethyl adjacent to an activating group) is 2. The monoisotopic (exact) mass is 246 g/mol. The van der Waals surface area contributed by atoms with Crippen molar-refractivity contribution in [3.63, 3.8) is 0 Å². The number of H-pyrrole nitrogens is 1. The van der Waals surface area contributed by atoms with E-state index in [2.05, 4.69) is 20.2 Å². The van der Waals surface area contributed by atoms with Crippen LogP contribution in [0.25, 0.3) is 10.9 Å². The largest absolute Gasteiger partial charge is 0.318 e. The molecule has 0 aliphatic rings. The number of aromatic amines is 1. The molecule has 0 spiro atoms. The summed E-state index contributed by atoms with van der Waals surface area (Å²) in [4.78, 5) is 21.3. The number of nitrogens with one attached hydrogen (secondary N) is 2. The summed E-state index contributed by atoms with van der Waals surface area (Å²) in [6, 6.07) is 7.39. The van der Waals surface area contributed by atoms with Crippen LogP contribution in [0.1, 0.15) is 5.82 Å². The van der Waals surface area contributed by atoms with Crippen LogP contribution in [0.15, 0.2) is 29.1 Å². The number of fused-ring (bicyclic) bond motifs is 1. The van der Waals surface area contributed by atoms with Crippen molar-refractivity contribution in [1.29, 1.82) is 0 Å². The zero-order valence-electron chi connectivity index (χ0n) is 10.7. The van der Waals surface area contributed by atoms with Crippen LogP contribution in [0.5, 0.6) is 0 Å². The van der Waals surface area contributed by atoms with Gasteiger partial charge in [0, 0.05) is 13.1 Å². The lowest BCUT2D eigenvalue weighted by atomic mass is 10.2. The summed E-state index contributed by atoms with van der Waals surface area (Å²) in [5, 5.41) is 3.73. The summed E-state index contributed by atoms with van der Waals surface area (Å²) < 4.78 is 0. The van der Waals surface area contributed by atoms with E-state index in [1.54, 1.807) is 6.07 Å². The molecular formula is C13H18N4O. The molecule has 0 aliphatic heterocycles. The molecule has 0 aliphatic carbocycles. The van der Waals surface area contributed by atoms with E-state index in [0.29, 0.717) is 17.8 Å². The minimum Gasteiger partial charge on any atom is -0.318 e. The third kappa shape index (κ3) is 2.94. The maximum absolute atomic E-state index is 11.9. The highest BCUT2D eigenvalue weighted by Gasteiger charge is 2.05. The van der Waals surface area contributed by atoms with Gasteiger partial charge in [0.2, 0.25) is 0 Å². The van der Waals surface area contributed by atoms with Gasteiger partial charge in [-0.3, -0.25) is 9.69 Å². The average molecular weight is 246 g/mol. The van der Waals surface area contributed by atoms with Gasteiger partial charge in [0.15, 0.2) is 0 Å². The molecule has 2 rings (SSSR count). The molecule has 5 heteroatoms. The minimum atomic E-state index is -0.0717. The van der Waals surface area contributed by atoms with Crippen LogP contribution in [-0.4, -0.2) is 42.1 Å². The quantitative estimate of drug-likeness (QED) is 0.810. The van der Waals surface area contributed by atoms with Crippen molar-refractivity contribution in [2.45, 2.75) is 6.54 Å². The minimum absolute atomic E-state index is 0.0717. The molecule has 0 saturated heterocycles. The van der Waals surface area contributed by atoms with Crippen molar-refractivity contribution in [3.8, 4) is 0 Å². The molecule has 5 nitrogen and oxygen atoms in total. The van der Waals surface area contributed by atoms with E-state index in [9.17, 15) is 4.79 Å². The lowest BCUT2D eigenvalue weighted by molar-refractivity contribution is 0.320. The van der Waals surface area contributed by atoms with Crippen molar-refractivity contribution in [1.82, 2.24) is 20.2 Å². The average Bonchev–Trinajstić information content (AvgIpc) is 2.36. The fourth-order valence-corrected chi connectivity index (χ4v) is 1.85. The molecule has 96 valence electrons. The Morgan fingerprint density at radius 2 is 2.17 bits per heavy atom. The molecule has 0 amide bonds. The Kier molecular flexibility index (Phi) is 4.07. The molecule has 0 bridgehead atoms. The van der Waals surface area contributed by atoms with Gasteiger partial charge < -0.3 is 10.3 Å². The van der Waals surface area contributed by atoms with Gasteiger partial charge in [-0.2, -0.15) is 0 Å². The Bertz CT molecular complexity index is 578. The summed E-state index contributed by atoms with van der Waals surface area (Å²) in [5.74, 6) is 0.706. The topological polar surface area (TPSA) is 61.0 Å². The highest BCUT2D eigenvalue weighted by molar-refractivity contribution is 5.77. The second-order valence-corrected chi connectivity index (χ2v) is 4.37. The summed E-state index contributed by atoms with van der Waals surface area (Å²) in [6.45, 7) is 2.46. The van der Waals surface area contributed by atoms with E-state index in [0.717, 1.165) is 18.6 Å². The lowest BCUT2D eigenvalue weighted by Crippen LogP contribution is -2.28. The first kappa shape index (κ1) is 12.7. The molecule has 0 unspecified atom stereocenters. The molecule has 1 aromatic carbocycles. The van der Waals surface area contributed by atoms with Gasteiger partial charge in [-0.25, -0.2) is 4.98 Å². The molecule has 0 radical (unpaired) electrons. The molecule has 2 aromatic rings. The van der Waals surface area contributed by atoms with Gasteiger partial charge >= 0.3 is 0 Å². The highest BCUT2D eigenvalue weighted by atomic mass is 16.1. The Morgan fingerprint density at radius 3 is 2.94 bits per heavy atom. The van der Waals surface area contributed by atoms with Crippen LogP contribution >= 0.6 is 0 Å². The lowest BCUT2D eigenvalue weighted by Gasteiger charge is -2.15. The standard InChI is InChI=1S/C13H18N4O/c1-14-7-8-17(2)9-12-15-11-6-4-3-5-10(11)13(18)16-12/h3-6,14H,7-9H2,1-2H3,(H,15,16,18). The summed E-state index contributed by atoms with van der Waals surface area (Å²) in [6.07, 6.45) is 0. The zero-order valence-corrected chi connectivity index (χ0v) is 10.7. The maximum atomic E-state index is 11.9. The maximum Gasteiger partial charge on any atom is 0.258 e. The van der Waals surface area contributed by atoms with Crippen LogP contribution in [-0.2, 0) is 6.54 Å². The number of hydrogen-bond donors (Lipinski definition) is 2. The molecule has 0 atom stereocenters. The third-order valence-corrected chi connectivity index (χ3v) is 2.83. The van der Waals surface area contributed by atoms with Gasteiger partial charge in [0.1, 0.15) is 5.82 Å².